The Labute approximate surface area is 106 Å². The van der Waals surface area contributed by atoms with Crippen LogP contribution in [-0.4, -0.2) is 5.91 Å². The predicted octanol–water partition coefficient (Wildman–Crippen LogP) is 2.70. The zero-order valence-corrected chi connectivity index (χ0v) is 10.0. The topological polar surface area (TPSA) is 52.9 Å². The summed E-state index contributed by atoms with van der Waals surface area (Å²) in [7, 11) is 0. The van der Waals surface area contributed by atoms with E-state index in [0.717, 1.165) is 25.7 Å². The van der Waals surface area contributed by atoms with Crippen LogP contribution in [0.15, 0.2) is 24.3 Å². The molecular formula is C14H15FN2O. The Kier molecular flexibility index (Phi) is 3.93. The zero-order chi connectivity index (χ0) is 13.0. The van der Waals surface area contributed by atoms with E-state index in [4.69, 9.17) is 5.26 Å². The fourth-order valence-electron chi connectivity index (χ4n) is 2.29. The molecule has 0 aliphatic heterocycles. The molecule has 1 N–H and O–H groups in total. The van der Waals surface area contributed by atoms with Gasteiger partial charge in [-0.15, -0.1) is 0 Å². The summed E-state index contributed by atoms with van der Waals surface area (Å²) in [6.45, 7) is 0. The van der Waals surface area contributed by atoms with E-state index in [9.17, 15) is 9.18 Å². The van der Waals surface area contributed by atoms with Crippen LogP contribution in [0.25, 0.3) is 0 Å². The molecule has 1 amide bonds. The molecule has 1 aromatic carbocycles. The van der Waals surface area contributed by atoms with E-state index in [2.05, 4.69) is 5.32 Å². The van der Waals surface area contributed by atoms with Gasteiger partial charge in [0.25, 0.3) is 0 Å². The van der Waals surface area contributed by atoms with Gasteiger partial charge in [-0.25, -0.2) is 4.39 Å². The SMILES string of the molecule is N#CC(NC(=O)C1CCCC1)c1ccc(F)cc1. The van der Waals surface area contributed by atoms with E-state index >= 15 is 0 Å². The first-order valence-corrected chi connectivity index (χ1v) is 6.16. The number of carbonyl (C=O) groups excluding carboxylic acids is 1. The number of benzene rings is 1. The van der Waals surface area contributed by atoms with E-state index in [1.54, 1.807) is 0 Å². The van der Waals surface area contributed by atoms with Crippen molar-refractivity contribution in [2.24, 2.45) is 5.92 Å². The average molecular weight is 246 g/mol. The summed E-state index contributed by atoms with van der Waals surface area (Å²) in [5.41, 5.74) is 0.616. The number of hydrogen-bond donors (Lipinski definition) is 1. The normalized spacial score (nSPS) is 17.1. The molecule has 0 aromatic heterocycles. The van der Waals surface area contributed by atoms with Crippen molar-refractivity contribution in [2.75, 3.05) is 0 Å². The summed E-state index contributed by atoms with van der Waals surface area (Å²) in [5.74, 6) is -0.387. The number of hydrogen-bond acceptors (Lipinski definition) is 2. The number of nitrogens with one attached hydrogen (secondary N) is 1. The molecule has 18 heavy (non-hydrogen) atoms. The summed E-state index contributed by atoms with van der Waals surface area (Å²) in [6, 6.07) is 6.98. The molecule has 1 aromatic rings. The van der Waals surface area contributed by atoms with Gasteiger partial charge in [-0.3, -0.25) is 4.79 Å². The molecule has 1 atom stereocenters. The maximum atomic E-state index is 12.8. The van der Waals surface area contributed by atoms with Crippen LogP contribution < -0.4 is 5.32 Å². The van der Waals surface area contributed by atoms with Gasteiger partial charge in [0.05, 0.1) is 6.07 Å². The molecule has 0 heterocycles. The van der Waals surface area contributed by atoms with Crippen LogP contribution in [-0.2, 0) is 4.79 Å². The van der Waals surface area contributed by atoms with Crippen molar-refractivity contribution in [3.8, 4) is 6.07 Å². The van der Waals surface area contributed by atoms with Crippen LogP contribution in [0.5, 0.6) is 0 Å². The smallest absolute Gasteiger partial charge is 0.224 e. The summed E-state index contributed by atoms with van der Waals surface area (Å²) in [5, 5.41) is 11.8. The molecular weight excluding hydrogens is 231 g/mol. The van der Waals surface area contributed by atoms with Gasteiger partial charge in [-0.1, -0.05) is 25.0 Å². The van der Waals surface area contributed by atoms with E-state index < -0.39 is 6.04 Å². The third-order valence-electron chi connectivity index (χ3n) is 3.34. The Morgan fingerprint density at radius 2 is 1.94 bits per heavy atom. The lowest BCUT2D eigenvalue weighted by atomic mass is 10.0. The lowest BCUT2D eigenvalue weighted by Crippen LogP contribution is -2.32. The maximum absolute atomic E-state index is 12.8. The largest absolute Gasteiger partial charge is 0.336 e. The first kappa shape index (κ1) is 12.6. The number of rotatable bonds is 3. The van der Waals surface area contributed by atoms with Crippen LogP contribution in [0.3, 0.4) is 0 Å². The Hall–Kier alpha value is -1.89. The third kappa shape index (κ3) is 2.86. The minimum atomic E-state index is -0.696. The first-order chi connectivity index (χ1) is 8.70. The van der Waals surface area contributed by atoms with Gasteiger partial charge in [-0.2, -0.15) is 5.26 Å². The molecule has 1 saturated carbocycles. The van der Waals surface area contributed by atoms with Crippen LogP contribution in [0.1, 0.15) is 37.3 Å². The average Bonchev–Trinajstić information content (AvgIpc) is 2.91. The first-order valence-electron chi connectivity index (χ1n) is 6.16. The van der Waals surface area contributed by atoms with Crippen molar-refractivity contribution in [3.05, 3.63) is 35.6 Å². The van der Waals surface area contributed by atoms with Crippen molar-refractivity contribution in [3.63, 3.8) is 0 Å². The Morgan fingerprint density at radius 3 is 2.50 bits per heavy atom. The molecule has 1 fully saturated rings. The van der Waals surface area contributed by atoms with Gasteiger partial charge in [0.1, 0.15) is 11.9 Å². The van der Waals surface area contributed by atoms with Gasteiger partial charge in [0, 0.05) is 5.92 Å². The van der Waals surface area contributed by atoms with Gasteiger partial charge >= 0.3 is 0 Å². The van der Waals surface area contributed by atoms with Gasteiger partial charge in [-0.05, 0) is 30.5 Å². The molecule has 94 valence electrons. The second kappa shape index (κ2) is 5.63. The molecule has 1 aliphatic rings. The molecule has 2 rings (SSSR count). The number of halogens is 1. The highest BCUT2D eigenvalue weighted by Crippen LogP contribution is 2.25. The molecule has 0 saturated heterocycles. The highest BCUT2D eigenvalue weighted by atomic mass is 19.1. The minimum absolute atomic E-state index is 0.0290. The Morgan fingerprint density at radius 1 is 1.33 bits per heavy atom. The number of amides is 1. The van der Waals surface area contributed by atoms with Crippen molar-refractivity contribution in [1.82, 2.24) is 5.32 Å². The second-order valence-corrected chi connectivity index (χ2v) is 4.60. The quantitative estimate of drug-likeness (QED) is 0.891. The third-order valence-corrected chi connectivity index (χ3v) is 3.34. The Bertz CT molecular complexity index is 458. The highest BCUT2D eigenvalue weighted by molar-refractivity contribution is 5.79. The van der Waals surface area contributed by atoms with Crippen LogP contribution >= 0.6 is 0 Å². The molecule has 4 heteroatoms. The highest BCUT2D eigenvalue weighted by Gasteiger charge is 2.25. The number of nitrogens with zero attached hydrogens (tertiary/aromatic N) is 1. The summed E-state index contributed by atoms with van der Waals surface area (Å²) in [6.07, 6.45) is 3.94. The zero-order valence-electron chi connectivity index (χ0n) is 10.0. The van der Waals surface area contributed by atoms with E-state index in [0.29, 0.717) is 5.56 Å². The van der Waals surface area contributed by atoms with E-state index in [1.807, 2.05) is 6.07 Å². The molecule has 3 nitrogen and oxygen atoms in total. The number of nitriles is 1. The van der Waals surface area contributed by atoms with Gasteiger partial charge < -0.3 is 5.32 Å². The van der Waals surface area contributed by atoms with Crippen LogP contribution in [0.4, 0.5) is 4.39 Å². The Balaban J connectivity index is 2.03. The van der Waals surface area contributed by atoms with Crippen molar-refractivity contribution < 1.29 is 9.18 Å². The molecule has 1 aliphatic carbocycles. The predicted molar refractivity (Wildman–Crippen MR) is 64.9 cm³/mol. The summed E-state index contributed by atoms with van der Waals surface area (Å²) >= 11 is 0. The van der Waals surface area contributed by atoms with Gasteiger partial charge in [0.2, 0.25) is 5.91 Å². The maximum Gasteiger partial charge on any atom is 0.224 e. The van der Waals surface area contributed by atoms with Crippen LogP contribution in [0, 0.1) is 23.1 Å². The lowest BCUT2D eigenvalue weighted by Gasteiger charge is -2.15. The second-order valence-electron chi connectivity index (χ2n) is 4.60. The van der Waals surface area contributed by atoms with E-state index in [1.165, 1.54) is 24.3 Å². The lowest BCUT2D eigenvalue weighted by molar-refractivity contribution is -0.125. The number of carbonyl (C=O) groups is 1. The molecule has 0 bridgehead atoms. The summed E-state index contributed by atoms with van der Waals surface area (Å²) in [4.78, 5) is 11.9. The fourth-order valence-corrected chi connectivity index (χ4v) is 2.29. The standard InChI is InChI=1S/C14H15FN2O/c15-12-7-5-10(6-8-12)13(9-16)17-14(18)11-3-1-2-4-11/h5-8,11,13H,1-4H2,(H,17,18). The minimum Gasteiger partial charge on any atom is -0.336 e. The van der Waals surface area contributed by atoms with Crippen molar-refractivity contribution in [2.45, 2.75) is 31.7 Å². The van der Waals surface area contributed by atoms with Crippen molar-refractivity contribution in [1.29, 1.82) is 5.26 Å². The monoisotopic (exact) mass is 246 g/mol. The fraction of sp³-hybridized carbons (Fsp3) is 0.429. The van der Waals surface area contributed by atoms with Crippen LogP contribution in [0.2, 0.25) is 0 Å². The molecule has 0 spiro atoms. The molecule has 1 unspecified atom stereocenters. The van der Waals surface area contributed by atoms with E-state index in [-0.39, 0.29) is 17.6 Å². The summed E-state index contributed by atoms with van der Waals surface area (Å²) < 4.78 is 12.8. The van der Waals surface area contributed by atoms with Crippen molar-refractivity contribution >= 4 is 5.91 Å². The molecule has 0 radical (unpaired) electrons. The van der Waals surface area contributed by atoms with Gasteiger partial charge in [0.15, 0.2) is 0 Å².